The summed E-state index contributed by atoms with van der Waals surface area (Å²) in [5, 5.41) is 6.63. The number of hydrogen-bond donors (Lipinski definition) is 2. The minimum Gasteiger partial charge on any atom is -0.494 e. The van der Waals surface area contributed by atoms with Gasteiger partial charge in [-0.1, -0.05) is 36.4 Å². The molecule has 0 fully saturated rings. The maximum atomic E-state index is 5.84. The van der Waals surface area contributed by atoms with E-state index in [0.29, 0.717) is 19.8 Å². The molecular formula is C24H28N4O2. The van der Waals surface area contributed by atoms with Crippen LogP contribution in [0.2, 0.25) is 0 Å². The van der Waals surface area contributed by atoms with Crippen LogP contribution in [0.15, 0.2) is 84.0 Å². The van der Waals surface area contributed by atoms with E-state index in [-0.39, 0.29) is 0 Å². The van der Waals surface area contributed by atoms with Crippen LogP contribution in [-0.2, 0) is 13.2 Å². The molecule has 6 heteroatoms. The van der Waals surface area contributed by atoms with Crippen LogP contribution in [0.4, 0.5) is 0 Å². The topological polar surface area (TPSA) is 67.8 Å². The summed E-state index contributed by atoms with van der Waals surface area (Å²) in [6.45, 7) is 2.54. The lowest BCUT2D eigenvalue weighted by atomic mass is 10.2. The van der Waals surface area contributed by atoms with Gasteiger partial charge in [0, 0.05) is 26.3 Å². The number of rotatable bonds is 10. The molecule has 1 heterocycles. The van der Waals surface area contributed by atoms with Gasteiger partial charge in [-0.05, 0) is 48.4 Å². The van der Waals surface area contributed by atoms with Crippen LogP contribution in [0.1, 0.15) is 17.7 Å². The highest BCUT2D eigenvalue weighted by atomic mass is 16.5. The average molecular weight is 405 g/mol. The number of aliphatic imine (C=N–C) groups is 1. The second kappa shape index (κ2) is 12.1. The molecule has 2 aromatic carbocycles. The van der Waals surface area contributed by atoms with Gasteiger partial charge in [-0.3, -0.25) is 9.98 Å². The predicted octanol–water partition coefficient (Wildman–Crippen LogP) is 3.79. The van der Waals surface area contributed by atoms with Crippen molar-refractivity contribution in [2.24, 2.45) is 4.99 Å². The van der Waals surface area contributed by atoms with E-state index in [1.165, 1.54) is 0 Å². The summed E-state index contributed by atoms with van der Waals surface area (Å²) in [7, 11) is 1.77. The smallest absolute Gasteiger partial charge is 0.191 e. The summed E-state index contributed by atoms with van der Waals surface area (Å²) in [5.41, 5.74) is 2.02. The molecular weight excluding hydrogens is 376 g/mol. The highest BCUT2D eigenvalue weighted by molar-refractivity contribution is 5.79. The van der Waals surface area contributed by atoms with E-state index < -0.39 is 0 Å². The summed E-state index contributed by atoms with van der Waals surface area (Å²) < 4.78 is 11.5. The number of hydrogen-bond acceptors (Lipinski definition) is 4. The zero-order valence-electron chi connectivity index (χ0n) is 17.3. The molecule has 0 saturated heterocycles. The number of guanidine groups is 1. The molecule has 3 aromatic rings. The normalized spacial score (nSPS) is 11.0. The standard InChI is InChI=1S/C24H28N4O2/c1-25-24(27-15-8-16-29-22-11-3-2-4-12-22)28-18-20-9-7-13-23(17-20)30-19-21-10-5-6-14-26-21/h2-7,9-14,17H,8,15-16,18-19H2,1H3,(H2,25,27,28). The van der Waals surface area contributed by atoms with Crippen molar-refractivity contribution in [2.75, 3.05) is 20.2 Å². The molecule has 2 N–H and O–H groups in total. The zero-order chi connectivity index (χ0) is 20.9. The Morgan fingerprint density at radius 2 is 1.73 bits per heavy atom. The van der Waals surface area contributed by atoms with Gasteiger partial charge in [0.15, 0.2) is 5.96 Å². The van der Waals surface area contributed by atoms with Crippen molar-refractivity contribution >= 4 is 5.96 Å². The van der Waals surface area contributed by atoms with Gasteiger partial charge in [-0.15, -0.1) is 0 Å². The third-order valence-corrected chi connectivity index (χ3v) is 4.32. The first-order chi connectivity index (χ1) is 14.8. The van der Waals surface area contributed by atoms with Crippen molar-refractivity contribution in [2.45, 2.75) is 19.6 Å². The van der Waals surface area contributed by atoms with Crippen LogP contribution in [0.5, 0.6) is 11.5 Å². The quantitative estimate of drug-likeness (QED) is 0.306. The fourth-order valence-corrected chi connectivity index (χ4v) is 2.78. The molecule has 156 valence electrons. The van der Waals surface area contributed by atoms with Gasteiger partial charge in [-0.2, -0.15) is 0 Å². The Bertz CT molecular complexity index is 901. The van der Waals surface area contributed by atoms with Gasteiger partial charge in [0.1, 0.15) is 18.1 Å². The molecule has 0 amide bonds. The van der Waals surface area contributed by atoms with Crippen molar-refractivity contribution in [3.05, 3.63) is 90.3 Å². The summed E-state index contributed by atoms with van der Waals surface area (Å²) >= 11 is 0. The molecule has 6 nitrogen and oxygen atoms in total. The number of nitrogens with zero attached hydrogens (tertiary/aromatic N) is 2. The zero-order valence-corrected chi connectivity index (χ0v) is 17.3. The van der Waals surface area contributed by atoms with E-state index in [9.17, 15) is 0 Å². The maximum Gasteiger partial charge on any atom is 0.191 e. The van der Waals surface area contributed by atoms with Crippen LogP contribution in [0.25, 0.3) is 0 Å². The Labute approximate surface area is 178 Å². The molecule has 0 aliphatic carbocycles. The second-order valence-electron chi connectivity index (χ2n) is 6.62. The SMILES string of the molecule is CN=C(NCCCOc1ccccc1)NCc1cccc(OCc2ccccn2)c1. The van der Waals surface area contributed by atoms with Crippen LogP contribution < -0.4 is 20.1 Å². The third-order valence-electron chi connectivity index (χ3n) is 4.32. The molecule has 0 unspecified atom stereocenters. The molecule has 0 aliphatic rings. The molecule has 0 atom stereocenters. The minimum atomic E-state index is 0.450. The highest BCUT2D eigenvalue weighted by Gasteiger charge is 2.02. The molecule has 0 radical (unpaired) electrons. The molecule has 3 rings (SSSR count). The molecule has 1 aromatic heterocycles. The molecule has 0 saturated carbocycles. The largest absolute Gasteiger partial charge is 0.494 e. The van der Waals surface area contributed by atoms with E-state index in [1.54, 1.807) is 13.2 Å². The fourth-order valence-electron chi connectivity index (χ4n) is 2.78. The van der Waals surface area contributed by atoms with Crippen molar-refractivity contribution in [3.8, 4) is 11.5 Å². The second-order valence-corrected chi connectivity index (χ2v) is 6.62. The number of aromatic nitrogens is 1. The van der Waals surface area contributed by atoms with Gasteiger partial charge in [-0.25, -0.2) is 0 Å². The van der Waals surface area contributed by atoms with Crippen LogP contribution in [-0.4, -0.2) is 31.1 Å². The van der Waals surface area contributed by atoms with E-state index >= 15 is 0 Å². The number of ether oxygens (including phenoxy) is 2. The summed E-state index contributed by atoms with van der Waals surface area (Å²) in [6.07, 6.45) is 2.65. The van der Waals surface area contributed by atoms with Crippen molar-refractivity contribution < 1.29 is 9.47 Å². The highest BCUT2D eigenvalue weighted by Crippen LogP contribution is 2.14. The Hall–Kier alpha value is -3.54. The lowest BCUT2D eigenvalue weighted by molar-refractivity contribution is 0.301. The first kappa shape index (κ1) is 21.2. The van der Waals surface area contributed by atoms with Crippen molar-refractivity contribution in [3.63, 3.8) is 0 Å². The number of benzene rings is 2. The Kier molecular flexibility index (Phi) is 8.55. The summed E-state index contributed by atoms with van der Waals surface area (Å²) in [4.78, 5) is 8.55. The fraction of sp³-hybridized carbons (Fsp3) is 0.250. The predicted molar refractivity (Wildman–Crippen MR) is 120 cm³/mol. The van der Waals surface area contributed by atoms with Crippen molar-refractivity contribution in [1.29, 1.82) is 0 Å². The molecule has 0 aliphatic heterocycles. The van der Waals surface area contributed by atoms with Gasteiger partial charge >= 0.3 is 0 Å². The number of nitrogens with one attached hydrogen (secondary N) is 2. The lowest BCUT2D eigenvalue weighted by Crippen LogP contribution is -2.37. The van der Waals surface area contributed by atoms with E-state index in [2.05, 4.69) is 26.7 Å². The summed E-state index contributed by atoms with van der Waals surface area (Å²) in [5.74, 6) is 2.47. The number of para-hydroxylation sites is 1. The first-order valence-corrected chi connectivity index (χ1v) is 10.1. The minimum absolute atomic E-state index is 0.450. The Morgan fingerprint density at radius 3 is 2.53 bits per heavy atom. The maximum absolute atomic E-state index is 5.84. The van der Waals surface area contributed by atoms with Crippen LogP contribution in [0, 0.1) is 0 Å². The van der Waals surface area contributed by atoms with Crippen molar-refractivity contribution in [1.82, 2.24) is 15.6 Å². The van der Waals surface area contributed by atoms with E-state index in [1.807, 2.05) is 66.7 Å². The average Bonchev–Trinajstić information content (AvgIpc) is 2.81. The lowest BCUT2D eigenvalue weighted by Gasteiger charge is -2.13. The van der Waals surface area contributed by atoms with Gasteiger partial charge in [0.25, 0.3) is 0 Å². The van der Waals surface area contributed by atoms with Crippen LogP contribution >= 0.6 is 0 Å². The van der Waals surface area contributed by atoms with E-state index in [4.69, 9.17) is 9.47 Å². The van der Waals surface area contributed by atoms with Gasteiger partial charge in [0.2, 0.25) is 0 Å². The molecule has 0 spiro atoms. The Balaban J connectivity index is 1.37. The first-order valence-electron chi connectivity index (χ1n) is 10.1. The molecule has 30 heavy (non-hydrogen) atoms. The third kappa shape index (κ3) is 7.47. The van der Waals surface area contributed by atoms with E-state index in [0.717, 1.165) is 41.7 Å². The Morgan fingerprint density at radius 1 is 0.900 bits per heavy atom. The van der Waals surface area contributed by atoms with Gasteiger partial charge < -0.3 is 20.1 Å². The summed E-state index contributed by atoms with van der Waals surface area (Å²) in [6, 6.07) is 23.7. The monoisotopic (exact) mass is 404 g/mol. The number of pyridine rings is 1. The van der Waals surface area contributed by atoms with Crippen LogP contribution in [0.3, 0.4) is 0 Å². The van der Waals surface area contributed by atoms with Gasteiger partial charge in [0.05, 0.1) is 12.3 Å². The molecule has 0 bridgehead atoms.